The fourth-order valence-corrected chi connectivity index (χ4v) is 4.35. The van der Waals surface area contributed by atoms with E-state index in [1.165, 1.54) is 22.4 Å². The molecule has 0 saturated carbocycles. The van der Waals surface area contributed by atoms with Crippen LogP contribution >= 0.6 is 0 Å². The first-order chi connectivity index (χ1) is 15.8. The Bertz CT molecular complexity index is 902. The Morgan fingerprint density at radius 3 is 1.88 bits per heavy atom. The van der Waals surface area contributed by atoms with Gasteiger partial charge in [0.05, 0.1) is 0 Å². The van der Waals surface area contributed by atoms with Gasteiger partial charge >= 0.3 is 0 Å². The molecule has 0 aromatic heterocycles. The number of hydrogen-bond acceptors (Lipinski definition) is 1. The predicted octanol–water partition coefficient (Wildman–Crippen LogP) is 8.01. The number of aryl methyl sites for hydroxylation is 1. The quantitative estimate of drug-likeness (QED) is 0.267. The number of benzene rings is 3. The van der Waals surface area contributed by atoms with E-state index >= 15 is 0 Å². The SMILES string of the molecule is C/C=C/C(=C/CC)N(CCCc1ccccc1)CCC(c1ccccc1)c1ccccc1. The van der Waals surface area contributed by atoms with Crippen LogP contribution in [-0.2, 0) is 6.42 Å². The van der Waals surface area contributed by atoms with Crippen LogP contribution in [0.5, 0.6) is 0 Å². The van der Waals surface area contributed by atoms with Gasteiger partial charge in [-0.3, -0.25) is 0 Å². The second kappa shape index (κ2) is 13.4. The molecule has 0 heterocycles. The molecule has 0 radical (unpaired) electrons. The maximum absolute atomic E-state index is 2.59. The highest BCUT2D eigenvalue weighted by Gasteiger charge is 2.16. The average Bonchev–Trinajstić information content (AvgIpc) is 2.85. The van der Waals surface area contributed by atoms with Gasteiger partial charge in [-0.25, -0.2) is 0 Å². The highest BCUT2D eigenvalue weighted by atomic mass is 15.1. The zero-order valence-electron chi connectivity index (χ0n) is 19.7. The molecule has 32 heavy (non-hydrogen) atoms. The van der Waals surface area contributed by atoms with Gasteiger partial charge < -0.3 is 4.90 Å². The Labute approximate surface area is 195 Å². The third kappa shape index (κ3) is 7.27. The molecule has 0 aliphatic heterocycles. The van der Waals surface area contributed by atoms with E-state index < -0.39 is 0 Å². The van der Waals surface area contributed by atoms with Gasteiger partial charge in [0.25, 0.3) is 0 Å². The first-order valence-corrected chi connectivity index (χ1v) is 12.0. The molecule has 0 spiro atoms. The molecule has 0 aliphatic carbocycles. The summed E-state index contributed by atoms with van der Waals surface area (Å²) in [4.78, 5) is 2.59. The van der Waals surface area contributed by atoms with E-state index in [1.54, 1.807) is 0 Å². The summed E-state index contributed by atoms with van der Waals surface area (Å²) in [5, 5.41) is 0. The van der Waals surface area contributed by atoms with Gasteiger partial charge in [-0.15, -0.1) is 0 Å². The summed E-state index contributed by atoms with van der Waals surface area (Å²) in [6.07, 6.45) is 11.2. The van der Waals surface area contributed by atoms with Gasteiger partial charge in [0, 0.05) is 24.7 Å². The van der Waals surface area contributed by atoms with Crippen LogP contribution in [0.3, 0.4) is 0 Å². The molecule has 0 amide bonds. The van der Waals surface area contributed by atoms with Crippen molar-refractivity contribution in [2.45, 2.75) is 45.4 Å². The summed E-state index contributed by atoms with van der Waals surface area (Å²) in [7, 11) is 0. The van der Waals surface area contributed by atoms with Crippen LogP contribution in [0, 0.1) is 0 Å². The summed E-state index contributed by atoms with van der Waals surface area (Å²) >= 11 is 0. The zero-order chi connectivity index (χ0) is 22.4. The van der Waals surface area contributed by atoms with Gasteiger partial charge in [0.15, 0.2) is 0 Å². The minimum atomic E-state index is 0.405. The Balaban J connectivity index is 1.76. The van der Waals surface area contributed by atoms with Crippen LogP contribution in [0.4, 0.5) is 0 Å². The zero-order valence-corrected chi connectivity index (χ0v) is 19.7. The van der Waals surface area contributed by atoms with Gasteiger partial charge in [-0.1, -0.05) is 110 Å². The topological polar surface area (TPSA) is 3.24 Å². The van der Waals surface area contributed by atoms with Crippen molar-refractivity contribution in [3.63, 3.8) is 0 Å². The standard InChI is InChI=1S/C31H37N/c1-3-15-30(16-4-2)32(25-14-19-27-17-8-5-9-18-27)26-24-31(28-20-10-6-11-21-28)29-22-12-7-13-23-29/h3,5-13,15-18,20-23,31H,4,14,19,24-26H2,1-2H3/b15-3+,30-16-. The summed E-state index contributed by atoms with van der Waals surface area (Å²) in [5.41, 5.74) is 5.57. The lowest BCUT2D eigenvalue weighted by atomic mass is 9.88. The first kappa shape index (κ1) is 23.6. The molecule has 3 aromatic rings. The highest BCUT2D eigenvalue weighted by molar-refractivity contribution is 5.32. The van der Waals surface area contributed by atoms with Crippen LogP contribution in [-0.4, -0.2) is 18.0 Å². The van der Waals surface area contributed by atoms with Gasteiger partial charge in [0.2, 0.25) is 0 Å². The molecule has 166 valence electrons. The van der Waals surface area contributed by atoms with E-state index in [2.05, 4.69) is 128 Å². The summed E-state index contributed by atoms with van der Waals surface area (Å²) < 4.78 is 0. The molecular formula is C31H37N. The predicted molar refractivity (Wildman–Crippen MR) is 139 cm³/mol. The molecule has 0 N–H and O–H groups in total. The smallest absolute Gasteiger partial charge is 0.0322 e. The largest absolute Gasteiger partial charge is 0.372 e. The average molecular weight is 424 g/mol. The molecule has 3 aromatic carbocycles. The number of allylic oxidation sites excluding steroid dienone is 3. The van der Waals surface area contributed by atoms with Crippen LogP contribution in [0.25, 0.3) is 0 Å². The van der Waals surface area contributed by atoms with Gasteiger partial charge in [0.1, 0.15) is 0 Å². The second-order valence-corrected chi connectivity index (χ2v) is 8.28. The fourth-order valence-electron chi connectivity index (χ4n) is 4.35. The van der Waals surface area contributed by atoms with E-state index in [-0.39, 0.29) is 0 Å². The third-order valence-corrected chi connectivity index (χ3v) is 5.94. The molecule has 0 fully saturated rings. The van der Waals surface area contributed by atoms with Crippen molar-refractivity contribution in [3.05, 3.63) is 132 Å². The molecule has 0 unspecified atom stereocenters. The number of hydrogen-bond donors (Lipinski definition) is 0. The van der Waals surface area contributed by atoms with Crippen molar-refractivity contribution in [2.24, 2.45) is 0 Å². The van der Waals surface area contributed by atoms with Crippen LogP contribution in [0.2, 0.25) is 0 Å². The second-order valence-electron chi connectivity index (χ2n) is 8.28. The Kier molecular flexibility index (Phi) is 9.86. The molecule has 0 bridgehead atoms. The fraction of sp³-hybridized carbons (Fsp3) is 0.290. The lowest BCUT2D eigenvalue weighted by molar-refractivity contribution is 0.336. The lowest BCUT2D eigenvalue weighted by Crippen LogP contribution is -2.26. The van der Waals surface area contributed by atoms with E-state index in [9.17, 15) is 0 Å². The van der Waals surface area contributed by atoms with Crippen LogP contribution < -0.4 is 0 Å². The number of rotatable bonds is 12. The van der Waals surface area contributed by atoms with Crippen molar-refractivity contribution in [1.82, 2.24) is 4.90 Å². The molecular weight excluding hydrogens is 386 g/mol. The maximum Gasteiger partial charge on any atom is 0.0322 e. The third-order valence-electron chi connectivity index (χ3n) is 5.94. The van der Waals surface area contributed by atoms with Crippen molar-refractivity contribution in [3.8, 4) is 0 Å². The maximum atomic E-state index is 2.59. The lowest BCUT2D eigenvalue weighted by Gasteiger charge is -2.29. The molecule has 0 atom stereocenters. The van der Waals surface area contributed by atoms with Crippen molar-refractivity contribution in [2.75, 3.05) is 13.1 Å². The molecule has 0 aliphatic rings. The Hall–Kier alpha value is -3.06. The van der Waals surface area contributed by atoms with Crippen molar-refractivity contribution < 1.29 is 0 Å². The van der Waals surface area contributed by atoms with Crippen LogP contribution in [0.15, 0.2) is 115 Å². The highest BCUT2D eigenvalue weighted by Crippen LogP contribution is 2.29. The van der Waals surface area contributed by atoms with Crippen molar-refractivity contribution in [1.29, 1.82) is 0 Å². The summed E-state index contributed by atoms with van der Waals surface area (Å²) in [6.45, 7) is 6.45. The first-order valence-electron chi connectivity index (χ1n) is 12.0. The Morgan fingerprint density at radius 2 is 1.34 bits per heavy atom. The van der Waals surface area contributed by atoms with E-state index in [1.807, 2.05) is 0 Å². The number of nitrogens with zero attached hydrogens (tertiary/aromatic N) is 1. The molecule has 1 nitrogen and oxygen atoms in total. The van der Waals surface area contributed by atoms with Gasteiger partial charge in [-0.2, -0.15) is 0 Å². The molecule has 3 rings (SSSR count). The van der Waals surface area contributed by atoms with Gasteiger partial charge in [-0.05, 0) is 55.4 Å². The summed E-state index contributed by atoms with van der Waals surface area (Å²) in [6, 6.07) is 32.8. The minimum Gasteiger partial charge on any atom is -0.372 e. The normalized spacial score (nSPS) is 11.9. The molecule has 0 saturated heterocycles. The molecule has 1 heteroatoms. The monoisotopic (exact) mass is 423 g/mol. The van der Waals surface area contributed by atoms with E-state index in [0.717, 1.165) is 38.8 Å². The Morgan fingerprint density at radius 1 is 0.781 bits per heavy atom. The summed E-state index contributed by atoms with van der Waals surface area (Å²) in [5.74, 6) is 0.405. The van der Waals surface area contributed by atoms with Crippen LogP contribution in [0.1, 0.15) is 55.7 Å². The minimum absolute atomic E-state index is 0.405. The van der Waals surface area contributed by atoms with Crippen molar-refractivity contribution >= 4 is 0 Å². The van der Waals surface area contributed by atoms with E-state index in [0.29, 0.717) is 5.92 Å². The van der Waals surface area contributed by atoms with E-state index in [4.69, 9.17) is 0 Å².